The maximum Gasteiger partial charge on any atom is 0.353 e. The van der Waals surface area contributed by atoms with Gasteiger partial charge in [-0.2, -0.15) is 4.98 Å². The highest BCUT2D eigenvalue weighted by Crippen LogP contribution is 2.52. The first-order chi connectivity index (χ1) is 10.5. The monoisotopic (exact) mass is 309 g/mol. The van der Waals surface area contributed by atoms with Gasteiger partial charge in [0.25, 0.3) is 0 Å². The SMILES string of the molecule is C[C@@]1(COC2CCCCO2)C/C1=C/n1cc(F)c(N)nc1=O. The van der Waals surface area contributed by atoms with Crippen LogP contribution in [0.2, 0.25) is 0 Å². The van der Waals surface area contributed by atoms with Crippen molar-refractivity contribution in [3.8, 4) is 0 Å². The van der Waals surface area contributed by atoms with Gasteiger partial charge < -0.3 is 15.2 Å². The molecule has 0 aromatic carbocycles. The second-order valence-corrected chi connectivity index (χ2v) is 6.16. The average molecular weight is 309 g/mol. The summed E-state index contributed by atoms with van der Waals surface area (Å²) in [5, 5.41) is 0. The van der Waals surface area contributed by atoms with E-state index in [2.05, 4.69) is 4.98 Å². The summed E-state index contributed by atoms with van der Waals surface area (Å²) in [7, 11) is 0. The molecule has 1 unspecified atom stereocenters. The summed E-state index contributed by atoms with van der Waals surface area (Å²) < 4.78 is 25.8. The molecular formula is C15H20FN3O3. The Balaban J connectivity index is 1.64. The van der Waals surface area contributed by atoms with E-state index in [1.807, 2.05) is 6.92 Å². The van der Waals surface area contributed by atoms with Crippen LogP contribution in [0, 0.1) is 11.2 Å². The number of rotatable bonds is 4. The Morgan fingerprint density at radius 1 is 1.64 bits per heavy atom. The lowest BCUT2D eigenvalue weighted by Gasteiger charge is -2.24. The highest BCUT2D eigenvalue weighted by atomic mass is 19.1. The number of halogens is 1. The van der Waals surface area contributed by atoms with Crippen molar-refractivity contribution in [3.05, 3.63) is 28.1 Å². The predicted molar refractivity (Wildman–Crippen MR) is 79.4 cm³/mol. The molecule has 1 aromatic heterocycles. The van der Waals surface area contributed by atoms with E-state index in [-0.39, 0.29) is 17.5 Å². The lowest BCUT2D eigenvalue weighted by atomic mass is 10.1. The van der Waals surface area contributed by atoms with Crippen LogP contribution in [0.4, 0.5) is 10.2 Å². The second-order valence-electron chi connectivity index (χ2n) is 6.16. The lowest BCUT2D eigenvalue weighted by molar-refractivity contribution is -0.169. The first kappa shape index (κ1) is 15.2. The fourth-order valence-electron chi connectivity index (χ4n) is 2.56. The summed E-state index contributed by atoms with van der Waals surface area (Å²) in [4.78, 5) is 15.1. The molecule has 2 heterocycles. The molecule has 0 bridgehead atoms. The molecule has 7 heteroatoms. The van der Waals surface area contributed by atoms with E-state index in [1.165, 1.54) is 0 Å². The van der Waals surface area contributed by atoms with Crippen LogP contribution in [-0.2, 0) is 9.47 Å². The van der Waals surface area contributed by atoms with Gasteiger partial charge in [0.15, 0.2) is 17.9 Å². The largest absolute Gasteiger partial charge is 0.381 e. The van der Waals surface area contributed by atoms with Crippen LogP contribution in [0.15, 0.2) is 16.6 Å². The zero-order valence-electron chi connectivity index (χ0n) is 12.5. The number of nitrogen functional groups attached to an aromatic ring is 1. The quantitative estimate of drug-likeness (QED) is 0.916. The van der Waals surface area contributed by atoms with Crippen LogP contribution in [0.25, 0.3) is 6.20 Å². The van der Waals surface area contributed by atoms with Crippen LogP contribution < -0.4 is 11.4 Å². The highest BCUT2D eigenvalue weighted by Gasteiger charge is 2.45. The van der Waals surface area contributed by atoms with E-state index in [0.717, 1.165) is 48.6 Å². The molecule has 2 aliphatic rings. The Morgan fingerprint density at radius 2 is 2.45 bits per heavy atom. The van der Waals surface area contributed by atoms with Gasteiger partial charge in [0.2, 0.25) is 0 Å². The topological polar surface area (TPSA) is 79.4 Å². The van der Waals surface area contributed by atoms with Crippen LogP contribution in [0.3, 0.4) is 0 Å². The molecule has 6 nitrogen and oxygen atoms in total. The number of hydrogen-bond acceptors (Lipinski definition) is 5. The van der Waals surface area contributed by atoms with Crippen LogP contribution in [-0.4, -0.2) is 29.1 Å². The van der Waals surface area contributed by atoms with Gasteiger partial charge in [-0.3, -0.25) is 4.57 Å². The molecule has 1 saturated heterocycles. The van der Waals surface area contributed by atoms with Gasteiger partial charge in [-0.25, -0.2) is 9.18 Å². The second kappa shape index (κ2) is 5.81. The fraction of sp³-hybridized carbons (Fsp3) is 0.600. The molecule has 2 N–H and O–H groups in total. The minimum atomic E-state index is -0.703. The number of nitrogens with two attached hydrogens (primary N) is 1. The van der Waals surface area contributed by atoms with Gasteiger partial charge in [0, 0.05) is 18.2 Å². The third-order valence-electron chi connectivity index (χ3n) is 4.19. The van der Waals surface area contributed by atoms with Gasteiger partial charge in [-0.15, -0.1) is 0 Å². The van der Waals surface area contributed by atoms with E-state index >= 15 is 0 Å². The minimum Gasteiger partial charge on any atom is -0.381 e. The normalized spacial score (nSPS) is 29.7. The molecule has 1 aliphatic carbocycles. The van der Waals surface area contributed by atoms with E-state index in [1.54, 1.807) is 6.20 Å². The molecule has 1 aliphatic heterocycles. The van der Waals surface area contributed by atoms with Crippen molar-refractivity contribution in [1.29, 1.82) is 0 Å². The molecule has 3 rings (SSSR count). The van der Waals surface area contributed by atoms with Gasteiger partial charge in [-0.1, -0.05) is 6.92 Å². The van der Waals surface area contributed by atoms with Gasteiger partial charge in [0.05, 0.1) is 12.8 Å². The number of aromatic nitrogens is 2. The summed E-state index contributed by atoms with van der Waals surface area (Å²) >= 11 is 0. The Hall–Kier alpha value is -1.73. The zero-order valence-corrected chi connectivity index (χ0v) is 12.5. The first-order valence-corrected chi connectivity index (χ1v) is 7.46. The van der Waals surface area contributed by atoms with Crippen molar-refractivity contribution < 1.29 is 13.9 Å². The summed E-state index contributed by atoms with van der Waals surface area (Å²) in [5.74, 6) is -1.08. The fourth-order valence-corrected chi connectivity index (χ4v) is 2.56. The molecule has 22 heavy (non-hydrogen) atoms. The molecule has 2 atom stereocenters. The molecular weight excluding hydrogens is 289 g/mol. The van der Waals surface area contributed by atoms with E-state index in [0.29, 0.717) is 6.61 Å². The molecule has 0 radical (unpaired) electrons. The van der Waals surface area contributed by atoms with E-state index < -0.39 is 11.5 Å². The van der Waals surface area contributed by atoms with Crippen LogP contribution in [0.5, 0.6) is 0 Å². The Morgan fingerprint density at radius 3 is 3.18 bits per heavy atom. The van der Waals surface area contributed by atoms with Crippen LogP contribution in [0.1, 0.15) is 32.6 Å². The molecule has 2 fully saturated rings. The highest BCUT2D eigenvalue weighted by molar-refractivity contribution is 5.46. The van der Waals surface area contributed by atoms with E-state index in [4.69, 9.17) is 15.2 Å². The predicted octanol–water partition coefficient (Wildman–Crippen LogP) is 1.76. The summed E-state index contributed by atoms with van der Waals surface area (Å²) in [5.41, 5.74) is 5.58. The van der Waals surface area contributed by atoms with Gasteiger partial charge in [-0.05, 0) is 31.3 Å². The zero-order chi connectivity index (χ0) is 15.7. The number of hydrogen-bond donors (Lipinski definition) is 1. The number of anilines is 1. The summed E-state index contributed by atoms with van der Waals surface area (Å²) in [6, 6.07) is 0. The third-order valence-corrected chi connectivity index (χ3v) is 4.19. The van der Waals surface area contributed by atoms with Gasteiger partial charge in [0.1, 0.15) is 0 Å². The summed E-state index contributed by atoms with van der Waals surface area (Å²) in [6.45, 7) is 3.33. The molecule has 1 saturated carbocycles. The van der Waals surface area contributed by atoms with Crippen LogP contribution >= 0.6 is 0 Å². The molecule has 1 aromatic rings. The first-order valence-electron chi connectivity index (χ1n) is 7.46. The Kier molecular flexibility index (Phi) is 4.01. The van der Waals surface area contributed by atoms with Crippen molar-refractivity contribution >= 4 is 12.0 Å². The van der Waals surface area contributed by atoms with Gasteiger partial charge >= 0.3 is 5.69 Å². The van der Waals surface area contributed by atoms with Crippen molar-refractivity contribution in [2.45, 2.75) is 38.9 Å². The van der Waals surface area contributed by atoms with Crippen molar-refractivity contribution in [2.24, 2.45) is 5.41 Å². The molecule has 0 amide bonds. The van der Waals surface area contributed by atoms with Crippen molar-refractivity contribution in [2.75, 3.05) is 18.9 Å². The average Bonchev–Trinajstić information content (AvgIpc) is 3.14. The molecule has 120 valence electrons. The summed E-state index contributed by atoms with van der Waals surface area (Å²) in [6.07, 6.45) is 6.46. The van der Waals surface area contributed by atoms with Crippen molar-refractivity contribution in [1.82, 2.24) is 9.55 Å². The maximum atomic E-state index is 13.4. The Bertz CT molecular complexity index is 652. The third kappa shape index (κ3) is 3.20. The lowest BCUT2D eigenvalue weighted by Crippen LogP contribution is -2.25. The minimum absolute atomic E-state index is 0.127. The number of ether oxygens (including phenoxy) is 2. The maximum absolute atomic E-state index is 13.4. The molecule has 0 spiro atoms. The number of nitrogens with zero attached hydrogens (tertiary/aromatic N) is 2. The smallest absolute Gasteiger partial charge is 0.353 e. The van der Waals surface area contributed by atoms with E-state index in [9.17, 15) is 9.18 Å². The standard InChI is InChI=1S/C15H20FN3O3/c1-15(9-22-12-4-2-3-5-21-12)6-10(15)7-19-8-11(16)13(17)18-14(19)20/h7-8,12H,2-6,9H2,1H3,(H2,17,18,20)/b10-7-/t12?,15-/m0/s1. The van der Waals surface area contributed by atoms with Crippen molar-refractivity contribution in [3.63, 3.8) is 0 Å². The Labute approximate surface area is 127 Å².